The zero-order valence-corrected chi connectivity index (χ0v) is 12.8. The van der Waals surface area contributed by atoms with Gasteiger partial charge in [-0.1, -0.05) is 13.8 Å². The van der Waals surface area contributed by atoms with Crippen molar-refractivity contribution in [3.8, 4) is 0 Å². The highest BCUT2D eigenvalue weighted by atomic mass is 16.1. The lowest BCUT2D eigenvalue weighted by Crippen LogP contribution is -2.29. The van der Waals surface area contributed by atoms with E-state index in [-0.39, 0.29) is 11.9 Å². The van der Waals surface area contributed by atoms with Crippen molar-refractivity contribution in [2.75, 3.05) is 20.1 Å². The summed E-state index contributed by atoms with van der Waals surface area (Å²) in [4.78, 5) is 23.4. The number of likely N-dealkylation sites (tertiary alicyclic amines) is 1. The number of aryl methyl sites for hydroxylation is 1. The number of nitrogens with zero attached hydrogens (tertiary/aromatic N) is 3. The molecule has 20 heavy (non-hydrogen) atoms. The molecule has 0 bridgehead atoms. The van der Waals surface area contributed by atoms with Crippen molar-refractivity contribution in [2.24, 2.45) is 5.92 Å². The van der Waals surface area contributed by atoms with E-state index < -0.39 is 0 Å². The Morgan fingerprint density at radius 1 is 1.50 bits per heavy atom. The van der Waals surface area contributed by atoms with E-state index in [2.05, 4.69) is 41.1 Å². The third kappa shape index (κ3) is 3.54. The predicted molar refractivity (Wildman–Crippen MR) is 78.5 cm³/mol. The molecule has 110 valence electrons. The number of rotatable bonds is 4. The van der Waals surface area contributed by atoms with Gasteiger partial charge in [0.2, 0.25) is 0 Å². The molecule has 0 aromatic carbocycles. The summed E-state index contributed by atoms with van der Waals surface area (Å²) in [6.07, 6.45) is 2.22. The van der Waals surface area contributed by atoms with Crippen LogP contribution >= 0.6 is 0 Å². The lowest BCUT2D eigenvalue weighted by molar-refractivity contribution is 0.0943. The minimum absolute atomic E-state index is 0.105. The monoisotopic (exact) mass is 276 g/mol. The molecule has 5 heteroatoms. The molecule has 1 aromatic rings. The Balaban J connectivity index is 2.18. The second-order valence-corrected chi connectivity index (χ2v) is 6.00. The summed E-state index contributed by atoms with van der Waals surface area (Å²) in [5.41, 5.74) is 1.33. The third-order valence-corrected chi connectivity index (χ3v) is 3.59. The van der Waals surface area contributed by atoms with E-state index in [0.717, 1.165) is 30.9 Å². The number of hydrogen-bond donors (Lipinski definition) is 1. The lowest BCUT2D eigenvalue weighted by Gasteiger charge is -2.18. The van der Waals surface area contributed by atoms with E-state index in [0.29, 0.717) is 18.2 Å². The van der Waals surface area contributed by atoms with Gasteiger partial charge in [0.05, 0.1) is 6.04 Å². The summed E-state index contributed by atoms with van der Waals surface area (Å²) < 4.78 is 0. The highest BCUT2D eigenvalue weighted by Gasteiger charge is 2.26. The molecular weight excluding hydrogens is 252 g/mol. The quantitative estimate of drug-likeness (QED) is 0.913. The Bertz CT molecular complexity index is 487. The minimum atomic E-state index is -0.105. The van der Waals surface area contributed by atoms with Crippen LogP contribution in [0.25, 0.3) is 0 Å². The lowest BCUT2D eigenvalue weighted by atomic mass is 10.2. The molecule has 0 radical (unpaired) electrons. The van der Waals surface area contributed by atoms with Crippen LogP contribution in [0.15, 0.2) is 6.07 Å². The normalized spacial score (nSPS) is 19.6. The molecule has 0 saturated carbocycles. The first-order chi connectivity index (χ1) is 9.47. The average Bonchev–Trinajstić information content (AvgIpc) is 2.81. The Morgan fingerprint density at radius 2 is 2.25 bits per heavy atom. The second-order valence-electron chi connectivity index (χ2n) is 6.00. The molecule has 1 amide bonds. The molecule has 0 spiro atoms. The van der Waals surface area contributed by atoms with E-state index in [4.69, 9.17) is 0 Å². The van der Waals surface area contributed by atoms with Gasteiger partial charge in [0.1, 0.15) is 11.5 Å². The molecule has 5 nitrogen and oxygen atoms in total. The van der Waals surface area contributed by atoms with E-state index in [1.54, 1.807) is 6.07 Å². The number of carbonyl (C=O) groups is 1. The molecule has 1 atom stereocenters. The fourth-order valence-corrected chi connectivity index (χ4v) is 2.48. The topological polar surface area (TPSA) is 58.1 Å². The van der Waals surface area contributed by atoms with Crippen LogP contribution in [0, 0.1) is 12.8 Å². The molecule has 1 aliphatic rings. The second kappa shape index (κ2) is 6.31. The van der Waals surface area contributed by atoms with Crippen LogP contribution in [-0.4, -0.2) is 40.9 Å². The van der Waals surface area contributed by atoms with Crippen molar-refractivity contribution >= 4 is 5.91 Å². The molecule has 2 heterocycles. The Hall–Kier alpha value is -1.49. The highest BCUT2D eigenvalue weighted by Crippen LogP contribution is 2.28. The van der Waals surface area contributed by atoms with Gasteiger partial charge in [-0.3, -0.25) is 9.69 Å². The minimum Gasteiger partial charge on any atom is -0.350 e. The molecular formula is C15H24N4O. The fourth-order valence-electron chi connectivity index (χ4n) is 2.48. The largest absolute Gasteiger partial charge is 0.350 e. The molecule has 1 N–H and O–H groups in total. The van der Waals surface area contributed by atoms with E-state index >= 15 is 0 Å². The van der Waals surface area contributed by atoms with E-state index in [1.807, 2.05) is 6.92 Å². The van der Waals surface area contributed by atoms with Gasteiger partial charge >= 0.3 is 0 Å². The first-order valence-electron chi connectivity index (χ1n) is 7.31. The van der Waals surface area contributed by atoms with Crippen molar-refractivity contribution in [1.29, 1.82) is 0 Å². The molecule has 1 aliphatic heterocycles. The average molecular weight is 276 g/mol. The summed E-state index contributed by atoms with van der Waals surface area (Å²) in [5, 5.41) is 2.91. The van der Waals surface area contributed by atoms with Crippen molar-refractivity contribution in [2.45, 2.75) is 39.7 Å². The summed E-state index contributed by atoms with van der Waals surface area (Å²) in [6.45, 7) is 7.80. The zero-order valence-electron chi connectivity index (χ0n) is 12.8. The van der Waals surface area contributed by atoms with E-state index in [1.165, 1.54) is 0 Å². The molecule has 1 saturated heterocycles. The van der Waals surface area contributed by atoms with Crippen LogP contribution in [0.2, 0.25) is 0 Å². The summed E-state index contributed by atoms with van der Waals surface area (Å²) >= 11 is 0. The van der Waals surface area contributed by atoms with Crippen LogP contribution in [0.5, 0.6) is 0 Å². The number of hydrogen-bond acceptors (Lipinski definition) is 4. The maximum Gasteiger partial charge on any atom is 0.270 e. The first kappa shape index (κ1) is 14.9. The maximum atomic E-state index is 12.1. The van der Waals surface area contributed by atoms with Gasteiger partial charge in [-0.25, -0.2) is 9.97 Å². The SMILES string of the molecule is Cc1cc(C(=O)NCC(C)C)nc(C2CCCN2C)n1. The van der Waals surface area contributed by atoms with Gasteiger partial charge < -0.3 is 5.32 Å². The summed E-state index contributed by atoms with van der Waals surface area (Å²) in [6, 6.07) is 2.00. The zero-order chi connectivity index (χ0) is 14.7. The van der Waals surface area contributed by atoms with Gasteiger partial charge in [0, 0.05) is 12.2 Å². The van der Waals surface area contributed by atoms with Gasteiger partial charge in [-0.05, 0) is 45.3 Å². The number of aromatic nitrogens is 2. The fraction of sp³-hybridized carbons (Fsp3) is 0.667. The van der Waals surface area contributed by atoms with Crippen LogP contribution in [0.4, 0.5) is 0 Å². The highest BCUT2D eigenvalue weighted by molar-refractivity contribution is 5.92. The van der Waals surface area contributed by atoms with Crippen LogP contribution in [0.1, 0.15) is 54.7 Å². The van der Waals surface area contributed by atoms with Crippen molar-refractivity contribution in [3.63, 3.8) is 0 Å². The Morgan fingerprint density at radius 3 is 2.85 bits per heavy atom. The predicted octanol–water partition coefficient (Wildman–Crippen LogP) is 1.94. The van der Waals surface area contributed by atoms with Crippen LogP contribution in [0.3, 0.4) is 0 Å². The van der Waals surface area contributed by atoms with Gasteiger partial charge in [-0.2, -0.15) is 0 Å². The Labute approximate surface area is 120 Å². The van der Waals surface area contributed by atoms with Crippen molar-refractivity contribution < 1.29 is 4.79 Å². The van der Waals surface area contributed by atoms with Crippen molar-refractivity contribution in [3.05, 3.63) is 23.3 Å². The smallest absolute Gasteiger partial charge is 0.270 e. The van der Waals surface area contributed by atoms with E-state index in [9.17, 15) is 4.79 Å². The molecule has 2 rings (SSSR count). The first-order valence-corrected chi connectivity index (χ1v) is 7.31. The van der Waals surface area contributed by atoms with Gasteiger partial charge in [0.15, 0.2) is 0 Å². The van der Waals surface area contributed by atoms with Crippen LogP contribution < -0.4 is 5.32 Å². The van der Waals surface area contributed by atoms with Crippen LogP contribution in [-0.2, 0) is 0 Å². The van der Waals surface area contributed by atoms with Gasteiger partial charge in [-0.15, -0.1) is 0 Å². The Kier molecular flexibility index (Phi) is 4.70. The molecule has 1 aromatic heterocycles. The molecule has 1 unspecified atom stereocenters. The number of carbonyl (C=O) groups excluding carboxylic acids is 1. The maximum absolute atomic E-state index is 12.1. The summed E-state index contributed by atoms with van der Waals surface area (Å²) in [5.74, 6) is 1.10. The van der Waals surface area contributed by atoms with Gasteiger partial charge in [0.25, 0.3) is 5.91 Å². The third-order valence-electron chi connectivity index (χ3n) is 3.59. The summed E-state index contributed by atoms with van der Waals surface area (Å²) in [7, 11) is 2.09. The molecule has 0 aliphatic carbocycles. The standard InChI is InChI=1S/C15H24N4O/c1-10(2)9-16-15(20)12-8-11(3)17-14(18-12)13-6-5-7-19(13)4/h8,10,13H,5-7,9H2,1-4H3,(H,16,20). The van der Waals surface area contributed by atoms with Crippen molar-refractivity contribution in [1.82, 2.24) is 20.2 Å². The number of nitrogens with one attached hydrogen (secondary N) is 1. The molecule has 1 fully saturated rings. The number of amides is 1.